The zero-order chi connectivity index (χ0) is 15.7. The summed E-state index contributed by atoms with van der Waals surface area (Å²) in [5.74, 6) is -1.36. The van der Waals surface area contributed by atoms with Gasteiger partial charge in [0.15, 0.2) is 0 Å². The zero-order valence-corrected chi connectivity index (χ0v) is 11.9. The van der Waals surface area contributed by atoms with Crippen LogP contribution in [0.3, 0.4) is 0 Å². The van der Waals surface area contributed by atoms with Crippen molar-refractivity contribution in [2.75, 3.05) is 6.54 Å². The second kappa shape index (κ2) is 9.13. The Morgan fingerprint density at radius 2 is 1.85 bits per heavy atom. The Labute approximate surface area is 118 Å². The Morgan fingerprint density at radius 1 is 1.25 bits per heavy atom. The molecule has 0 saturated carbocycles. The van der Waals surface area contributed by atoms with E-state index in [2.05, 4.69) is 10.6 Å². The Hall–Kier alpha value is -1.83. The molecule has 0 saturated heterocycles. The largest absolute Gasteiger partial charge is 0.480 e. The van der Waals surface area contributed by atoms with Gasteiger partial charge in [-0.3, -0.25) is 4.79 Å². The first-order valence-corrected chi connectivity index (χ1v) is 6.56. The first kappa shape index (κ1) is 18.2. The van der Waals surface area contributed by atoms with Gasteiger partial charge in [-0.05, 0) is 25.2 Å². The van der Waals surface area contributed by atoms with Crippen molar-refractivity contribution < 1.29 is 19.5 Å². The van der Waals surface area contributed by atoms with Crippen LogP contribution in [0.1, 0.15) is 33.1 Å². The minimum atomic E-state index is -1.13. The van der Waals surface area contributed by atoms with Crippen LogP contribution in [0.25, 0.3) is 0 Å². The van der Waals surface area contributed by atoms with E-state index in [0.717, 1.165) is 0 Å². The topological polar surface area (TPSA) is 148 Å². The molecular formula is C12H24N4O4. The lowest BCUT2D eigenvalue weighted by atomic mass is 10.0. The number of carboxylic acids is 1. The molecule has 0 aromatic rings. The van der Waals surface area contributed by atoms with Gasteiger partial charge in [-0.25, -0.2) is 9.59 Å². The maximum atomic E-state index is 11.7. The highest BCUT2D eigenvalue weighted by Crippen LogP contribution is 2.04. The molecule has 0 aromatic heterocycles. The van der Waals surface area contributed by atoms with Crippen LogP contribution in [-0.4, -0.2) is 41.6 Å². The van der Waals surface area contributed by atoms with Gasteiger partial charge in [0, 0.05) is 6.54 Å². The highest BCUT2D eigenvalue weighted by Gasteiger charge is 2.23. The van der Waals surface area contributed by atoms with Crippen LogP contribution in [0.4, 0.5) is 4.79 Å². The number of urea groups is 1. The van der Waals surface area contributed by atoms with Crippen LogP contribution in [-0.2, 0) is 9.59 Å². The quantitative estimate of drug-likeness (QED) is 0.358. The van der Waals surface area contributed by atoms with Crippen molar-refractivity contribution in [2.24, 2.45) is 17.4 Å². The summed E-state index contributed by atoms with van der Waals surface area (Å²) >= 11 is 0. The summed E-state index contributed by atoms with van der Waals surface area (Å²) in [7, 11) is 0. The lowest BCUT2D eigenvalue weighted by Crippen LogP contribution is -2.49. The van der Waals surface area contributed by atoms with E-state index in [-0.39, 0.29) is 18.9 Å². The molecule has 0 aliphatic carbocycles. The Balaban J connectivity index is 4.22. The second-order valence-corrected chi connectivity index (χ2v) is 5.07. The molecule has 2 atom stereocenters. The van der Waals surface area contributed by atoms with Gasteiger partial charge in [0.1, 0.15) is 6.04 Å². The number of hydrogen-bond donors (Lipinski definition) is 5. The Bertz CT molecular complexity index is 346. The van der Waals surface area contributed by atoms with Crippen molar-refractivity contribution in [3.8, 4) is 0 Å². The number of carbonyl (C=O) groups excluding carboxylic acids is 2. The van der Waals surface area contributed by atoms with Crippen LogP contribution < -0.4 is 22.1 Å². The number of primary amides is 1. The number of nitrogens with two attached hydrogens (primary N) is 2. The fourth-order valence-electron chi connectivity index (χ4n) is 1.67. The monoisotopic (exact) mass is 288 g/mol. The number of carboxylic acid groups (broad SMARTS) is 1. The third kappa shape index (κ3) is 8.30. The molecule has 0 aliphatic heterocycles. The average molecular weight is 288 g/mol. The minimum absolute atomic E-state index is 0.190. The average Bonchev–Trinajstić information content (AvgIpc) is 2.31. The van der Waals surface area contributed by atoms with Crippen molar-refractivity contribution in [2.45, 2.75) is 45.2 Å². The third-order valence-electron chi connectivity index (χ3n) is 2.65. The SMILES string of the molecule is CC(C)C[C@@H](N)C(=O)N[C@@H](CCCNC(N)=O)C(=O)O. The molecule has 0 heterocycles. The molecule has 0 aliphatic rings. The molecule has 8 heteroatoms. The van der Waals surface area contributed by atoms with E-state index in [1.807, 2.05) is 13.8 Å². The van der Waals surface area contributed by atoms with Gasteiger partial charge in [0.05, 0.1) is 6.04 Å². The van der Waals surface area contributed by atoms with E-state index in [1.54, 1.807) is 0 Å². The predicted octanol–water partition coefficient (Wildman–Crippen LogP) is -0.622. The van der Waals surface area contributed by atoms with Crippen LogP contribution in [0.5, 0.6) is 0 Å². The zero-order valence-electron chi connectivity index (χ0n) is 11.9. The molecule has 0 spiro atoms. The van der Waals surface area contributed by atoms with E-state index in [1.165, 1.54) is 0 Å². The van der Waals surface area contributed by atoms with E-state index in [4.69, 9.17) is 16.6 Å². The molecule has 0 radical (unpaired) electrons. The van der Waals surface area contributed by atoms with E-state index >= 15 is 0 Å². The predicted molar refractivity (Wildman–Crippen MR) is 73.8 cm³/mol. The molecule has 20 heavy (non-hydrogen) atoms. The van der Waals surface area contributed by atoms with Crippen LogP contribution >= 0.6 is 0 Å². The van der Waals surface area contributed by atoms with Crippen LogP contribution in [0, 0.1) is 5.92 Å². The molecule has 116 valence electrons. The fourth-order valence-corrected chi connectivity index (χ4v) is 1.67. The summed E-state index contributed by atoms with van der Waals surface area (Å²) in [6, 6.07) is -2.41. The van der Waals surface area contributed by atoms with Crippen molar-refractivity contribution in [1.82, 2.24) is 10.6 Å². The first-order chi connectivity index (χ1) is 9.23. The van der Waals surface area contributed by atoms with Gasteiger partial charge < -0.3 is 27.2 Å². The first-order valence-electron chi connectivity index (χ1n) is 6.56. The van der Waals surface area contributed by atoms with Crippen LogP contribution in [0.2, 0.25) is 0 Å². The highest BCUT2D eigenvalue weighted by atomic mass is 16.4. The van der Waals surface area contributed by atoms with Crippen molar-refractivity contribution in [3.63, 3.8) is 0 Å². The summed E-state index contributed by atoms with van der Waals surface area (Å²) in [4.78, 5) is 33.2. The number of aliphatic carboxylic acids is 1. The maximum Gasteiger partial charge on any atom is 0.326 e. The summed E-state index contributed by atoms with van der Waals surface area (Å²) in [6.45, 7) is 4.11. The molecule has 0 unspecified atom stereocenters. The van der Waals surface area contributed by atoms with E-state index in [9.17, 15) is 14.4 Å². The van der Waals surface area contributed by atoms with Gasteiger partial charge in [0.2, 0.25) is 5.91 Å². The molecule has 7 N–H and O–H groups in total. The van der Waals surface area contributed by atoms with E-state index in [0.29, 0.717) is 12.8 Å². The second-order valence-electron chi connectivity index (χ2n) is 5.07. The van der Waals surface area contributed by atoms with Gasteiger partial charge >= 0.3 is 12.0 Å². The van der Waals surface area contributed by atoms with Gasteiger partial charge in [-0.15, -0.1) is 0 Å². The molecule has 0 bridgehead atoms. The number of hydrogen-bond acceptors (Lipinski definition) is 4. The summed E-state index contributed by atoms with van der Waals surface area (Å²) in [5, 5.41) is 13.8. The smallest absolute Gasteiger partial charge is 0.326 e. The number of rotatable bonds is 9. The number of amides is 3. The highest BCUT2D eigenvalue weighted by molar-refractivity contribution is 5.86. The number of nitrogens with one attached hydrogen (secondary N) is 2. The molecule has 0 fully saturated rings. The standard InChI is InChI=1S/C12H24N4O4/c1-7(2)6-8(13)10(17)16-9(11(18)19)4-3-5-15-12(14)20/h7-9H,3-6,13H2,1-2H3,(H,16,17)(H,18,19)(H3,14,15,20)/t8-,9+/m1/s1. The lowest BCUT2D eigenvalue weighted by molar-refractivity contribution is -0.142. The van der Waals surface area contributed by atoms with Crippen molar-refractivity contribution >= 4 is 17.9 Å². The molecule has 0 aromatic carbocycles. The summed E-state index contributed by atoms with van der Waals surface area (Å²) in [5.41, 5.74) is 10.6. The van der Waals surface area contributed by atoms with Gasteiger partial charge in [-0.1, -0.05) is 13.8 Å². The fraction of sp³-hybridized carbons (Fsp3) is 0.750. The lowest BCUT2D eigenvalue weighted by Gasteiger charge is -2.18. The normalized spacial score (nSPS) is 13.6. The Morgan fingerprint density at radius 3 is 2.30 bits per heavy atom. The Kier molecular flexibility index (Phi) is 8.30. The molecule has 8 nitrogen and oxygen atoms in total. The maximum absolute atomic E-state index is 11.7. The number of carbonyl (C=O) groups is 3. The van der Waals surface area contributed by atoms with Crippen molar-refractivity contribution in [3.05, 3.63) is 0 Å². The third-order valence-corrected chi connectivity index (χ3v) is 2.65. The van der Waals surface area contributed by atoms with Gasteiger partial charge in [0.25, 0.3) is 0 Å². The molecule has 0 rings (SSSR count). The van der Waals surface area contributed by atoms with Crippen LogP contribution in [0.15, 0.2) is 0 Å². The molecule has 3 amide bonds. The minimum Gasteiger partial charge on any atom is -0.480 e. The van der Waals surface area contributed by atoms with Crippen molar-refractivity contribution in [1.29, 1.82) is 0 Å². The van der Waals surface area contributed by atoms with Gasteiger partial charge in [-0.2, -0.15) is 0 Å². The molecular weight excluding hydrogens is 264 g/mol. The summed E-state index contributed by atoms with van der Waals surface area (Å²) in [6.07, 6.45) is 1.07. The van der Waals surface area contributed by atoms with E-state index < -0.39 is 30.0 Å². The summed E-state index contributed by atoms with van der Waals surface area (Å²) < 4.78 is 0.